The average Bonchev–Trinajstić information content (AvgIpc) is 3.02. The molecule has 0 aliphatic heterocycles. The van der Waals surface area contributed by atoms with Crippen molar-refractivity contribution >= 4 is 33.4 Å². The van der Waals surface area contributed by atoms with Crippen molar-refractivity contribution in [3.05, 3.63) is 64.0 Å². The number of benzene rings is 2. The SMILES string of the molecule is CCOC(=O)c1ccc2c(c1)sc(=NC(=O)c1cccc(C)c1)n2CCOC. The van der Waals surface area contributed by atoms with Gasteiger partial charge in [-0.15, -0.1) is 0 Å². The van der Waals surface area contributed by atoms with Crippen LogP contribution in [0.5, 0.6) is 0 Å². The molecule has 0 fully saturated rings. The van der Waals surface area contributed by atoms with Gasteiger partial charge in [0.15, 0.2) is 4.80 Å². The number of rotatable bonds is 6. The van der Waals surface area contributed by atoms with Gasteiger partial charge in [-0.1, -0.05) is 29.0 Å². The van der Waals surface area contributed by atoms with Crippen LogP contribution in [0.3, 0.4) is 0 Å². The van der Waals surface area contributed by atoms with Crippen molar-refractivity contribution < 1.29 is 19.1 Å². The Balaban J connectivity index is 2.08. The van der Waals surface area contributed by atoms with Gasteiger partial charge < -0.3 is 14.0 Å². The molecule has 0 radical (unpaired) electrons. The van der Waals surface area contributed by atoms with Crippen LogP contribution in [-0.2, 0) is 16.0 Å². The third-order valence-electron chi connectivity index (χ3n) is 4.18. The van der Waals surface area contributed by atoms with Crippen molar-refractivity contribution in [1.29, 1.82) is 0 Å². The van der Waals surface area contributed by atoms with Crippen LogP contribution in [0.1, 0.15) is 33.2 Å². The zero-order chi connectivity index (χ0) is 20.1. The van der Waals surface area contributed by atoms with Crippen LogP contribution >= 0.6 is 11.3 Å². The van der Waals surface area contributed by atoms with Gasteiger partial charge in [-0.3, -0.25) is 4.79 Å². The standard InChI is InChI=1S/C21H22N2O4S/c1-4-27-20(25)16-8-9-17-18(13-16)28-21(23(17)10-11-26-3)22-19(24)15-7-5-6-14(2)12-15/h5-9,12-13H,4,10-11H2,1-3H3. The van der Waals surface area contributed by atoms with Crippen LogP contribution in [-0.4, -0.2) is 36.8 Å². The van der Waals surface area contributed by atoms with Crippen molar-refractivity contribution in [2.45, 2.75) is 20.4 Å². The number of fused-ring (bicyclic) bond motifs is 1. The van der Waals surface area contributed by atoms with Gasteiger partial charge in [0.2, 0.25) is 0 Å². The molecule has 0 atom stereocenters. The molecule has 3 rings (SSSR count). The van der Waals surface area contributed by atoms with Gasteiger partial charge >= 0.3 is 5.97 Å². The summed E-state index contributed by atoms with van der Waals surface area (Å²) in [7, 11) is 1.63. The first kappa shape index (κ1) is 20.0. The Morgan fingerprint density at radius 1 is 1.14 bits per heavy atom. The minimum absolute atomic E-state index is 0.299. The molecule has 0 saturated carbocycles. The second-order valence-corrected chi connectivity index (χ2v) is 7.23. The normalized spacial score (nSPS) is 11.8. The maximum Gasteiger partial charge on any atom is 0.338 e. The third-order valence-corrected chi connectivity index (χ3v) is 5.22. The molecule has 146 valence electrons. The highest BCUT2D eigenvalue weighted by Crippen LogP contribution is 2.20. The van der Waals surface area contributed by atoms with Gasteiger partial charge in [0, 0.05) is 19.2 Å². The molecular weight excluding hydrogens is 376 g/mol. The number of aromatic nitrogens is 1. The van der Waals surface area contributed by atoms with E-state index in [1.54, 1.807) is 32.2 Å². The molecule has 1 amide bonds. The molecule has 0 spiro atoms. The van der Waals surface area contributed by atoms with E-state index in [1.165, 1.54) is 11.3 Å². The highest BCUT2D eigenvalue weighted by Gasteiger charge is 2.13. The molecule has 0 bridgehead atoms. The molecule has 0 saturated heterocycles. The van der Waals surface area contributed by atoms with Gasteiger partial charge in [0.05, 0.1) is 29.0 Å². The fourth-order valence-corrected chi connectivity index (χ4v) is 3.92. The molecule has 3 aromatic rings. The van der Waals surface area contributed by atoms with Crippen LogP contribution in [0.4, 0.5) is 0 Å². The summed E-state index contributed by atoms with van der Waals surface area (Å²) in [6.07, 6.45) is 0. The number of carbonyl (C=O) groups is 2. The second-order valence-electron chi connectivity index (χ2n) is 6.22. The number of nitrogens with zero attached hydrogens (tertiary/aromatic N) is 2. The van der Waals surface area contributed by atoms with Crippen molar-refractivity contribution in [2.24, 2.45) is 4.99 Å². The van der Waals surface area contributed by atoms with Crippen LogP contribution in [0, 0.1) is 6.92 Å². The summed E-state index contributed by atoms with van der Waals surface area (Å²) in [6, 6.07) is 12.7. The van der Waals surface area contributed by atoms with Gasteiger partial charge in [-0.25, -0.2) is 4.79 Å². The van der Waals surface area contributed by atoms with Crippen LogP contribution in [0.2, 0.25) is 0 Å². The summed E-state index contributed by atoms with van der Waals surface area (Å²) in [5.41, 5.74) is 2.92. The van der Waals surface area contributed by atoms with E-state index in [-0.39, 0.29) is 11.9 Å². The number of ether oxygens (including phenoxy) is 2. The van der Waals surface area contributed by atoms with E-state index < -0.39 is 0 Å². The number of esters is 1. The first-order valence-corrected chi connectivity index (χ1v) is 9.80. The van der Waals surface area contributed by atoms with Crippen molar-refractivity contribution in [3.8, 4) is 0 Å². The zero-order valence-electron chi connectivity index (χ0n) is 16.1. The molecule has 28 heavy (non-hydrogen) atoms. The molecular formula is C21H22N2O4S. The van der Waals surface area contributed by atoms with E-state index in [0.29, 0.717) is 35.7 Å². The van der Waals surface area contributed by atoms with Gasteiger partial charge in [0.25, 0.3) is 5.91 Å². The van der Waals surface area contributed by atoms with Gasteiger partial charge in [-0.2, -0.15) is 4.99 Å². The van der Waals surface area contributed by atoms with E-state index in [2.05, 4.69) is 4.99 Å². The minimum Gasteiger partial charge on any atom is -0.462 e. The predicted octanol–water partition coefficient (Wildman–Crippen LogP) is 3.58. The van der Waals surface area contributed by atoms with E-state index in [1.807, 2.05) is 35.8 Å². The fraction of sp³-hybridized carbons (Fsp3) is 0.286. The van der Waals surface area contributed by atoms with Crippen LogP contribution in [0.25, 0.3) is 10.2 Å². The number of thiazole rings is 1. The monoisotopic (exact) mass is 398 g/mol. The Kier molecular flexibility index (Phi) is 6.38. The largest absolute Gasteiger partial charge is 0.462 e. The molecule has 7 heteroatoms. The summed E-state index contributed by atoms with van der Waals surface area (Å²) in [4.78, 5) is 29.6. The van der Waals surface area contributed by atoms with E-state index in [4.69, 9.17) is 9.47 Å². The van der Waals surface area contributed by atoms with E-state index in [9.17, 15) is 9.59 Å². The molecule has 2 aromatic carbocycles. The van der Waals surface area contributed by atoms with E-state index in [0.717, 1.165) is 15.8 Å². The summed E-state index contributed by atoms with van der Waals surface area (Å²) >= 11 is 1.36. The van der Waals surface area contributed by atoms with E-state index >= 15 is 0 Å². The zero-order valence-corrected chi connectivity index (χ0v) is 16.9. The number of carbonyl (C=O) groups excluding carboxylic acids is 2. The molecule has 0 N–H and O–H groups in total. The summed E-state index contributed by atoms with van der Waals surface area (Å²) < 4.78 is 13.1. The second kappa shape index (κ2) is 8.95. The summed E-state index contributed by atoms with van der Waals surface area (Å²) in [6.45, 7) is 5.06. The third kappa shape index (κ3) is 4.37. The number of hydrogen-bond donors (Lipinski definition) is 0. The van der Waals surface area contributed by atoms with Crippen LogP contribution in [0.15, 0.2) is 47.5 Å². The van der Waals surface area contributed by atoms with Gasteiger partial charge in [0.1, 0.15) is 0 Å². The Morgan fingerprint density at radius 2 is 1.96 bits per heavy atom. The number of methoxy groups -OCH3 is 1. The minimum atomic E-state index is -0.365. The molecule has 1 heterocycles. The quantitative estimate of drug-likeness (QED) is 0.595. The lowest BCUT2D eigenvalue weighted by Crippen LogP contribution is -2.19. The fourth-order valence-electron chi connectivity index (χ4n) is 2.83. The maximum atomic E-state index is 12.7. The predicted molar refractivity (Wildman–Crippen MR) is 109 cm³/mol. The Labute approximate surface area is 167 Å². The number of hydrogen-bond acceptors (Lipinski definition) is 5. The average molecular weight is 398 g/mol. The Morgan fingerprint density at radius 3 is 2.68 bits per heavy atom. The highest BCUT2D eigenvalue weighted by atomic mass is 32.1. The first-order chi connectivity index (χ1) is 13.5. The van der Waals surface area contributed by atoms with Crippen molar-refractivity contribution in [3.63, 3.8) is 0 Å². The lowest BCUT2D eigenvalue weighted by molar-refractivity contribution is 0.0526. The molecule has 0 unspecified atom stereocenters. The highest BCUT2D eigenvalue weighted by molar-refractivity contribution is 7.16. The maximum absolute atomic E-state index is 12.7. The Bertz CT molecular complexity index is 1080. The lowest BCUT2D eigenvalue weighted by Gasteiger charge is -2.05. The summed E-state index contributed by atoms with van der Waals surface area (Å²) in [5, 5.41) is 0. The topological polar surface area (TPSA) is 69.9 Å². The molecule has 1 aromatic heterocycles. The van der Waals surface area contributed by atoms with Crippen molar-refractivity contribution in [2.75, 3.05) is 20.3 Å². The smallest absolute Gasteiger partial charge is 0.338 e. The molecule has 0 aliphatic carbocycles. The molecule has 0 aliphatic rings. The number of amides is 1. The first-order valence-electron chi connectivity index (χ1n) is 8.98. The Hall–Kier alpha value is -2.77. The lowest BCUT2D eigenvalue weighted by atomic mass is 10.1. The van der Waals surface area contributed by atoms with Crippen LogP contribution < -0.4 is 4.80 Å². The van der Waals surface area contributed by atoms with Gasteiger partial charge in [-0.05, 0) is 44.2 Å². The number of aryl methyl sites for hydroxylation is 1. The summed E-state index contributed by atoms with van der Waals surface area (Å²) in [5.74, 6) is -0.664. The van der Waals surface area contributed by atoms with Crippen molar-refractivity contribution in [1.82, 2.24) is 4.57 Å². The molecule has 6 nitrogen and oxygen atoms in total.